The molecule has 48 heavy (non-hydrogen) atoms. The van der Waals surface area contributed by atoms with Crippen LogP contribution in [0.3, 0.4) is 0 Å². The third kappa shape index (κ3) is 5.06. The maximum Gasteiger partial charge on any atom is 0.305 e. The summed E-state index contributed by atoms with van der Waals surface area (Å²) in [6, 6.07) is 20.9. The Hall–Kier alpha value is -4.35. The molecule has 4 aromatic rings. The number of benzene rings is 3. The molecular formula is C37H35N3O6S2. The molecule has 2 N–H and O–H groups in total. The molecule has 4 aliphatic rings. The van der Waals surface area contributed by atoms with Gasteiger partial charge in [0.2, 0.25) is 11.8 Å². The minimum Gasteiger partial charge on any atom is -0.490 e. The van der Waals surface area contributed by atoms with Crippen LogP contribution in [0.2, 0.25) is 0 Å². The van der Waals surface area contributed by atoms with Gasteiger partial charge < -0.3 is 19.8 Å². The SMILES string of the molecule is CCOc1cc([C@H]2c3sc(=O)[nH]c3SC3C2[C@H]2C[C@@H]3C3C(=O)N(c4ccc(C)cc4)C(=O)C32)ccc1OCC(=O)Nc1cccc(C)c1. The average Bonchev–Trinajstić information content (AvgIpc) is 3.80. The monoisotopic (exact) mass is 681 g/mol. The van der Waals surface area contributed by atoms with Crippen molar-refractivity contribution in [1.82, 2.24) is 4.98 Å². The highest BCUT2D eigenvalue weighted by atomic mass is 32.2. The van der Waals surface area contributed by atoms with E-state index in [9.17, 15) is 19.2 Å². The van der Waals surface area contributed by atoms with Crippen LogP contribution in [-0.2, 0) is 14.4 Å². The number of aromatic amines is 1. The molecule has 0 radical (unpaired) electrons. The lowest BCUT2D eigenvalue weighted by Gasteiger charge is -2.43. The number of carbonyl (C=O) groups is 3. The lowest BCUT2D eigenvalue weighted by atomic mass is 9.68. The second-order valence-electron chi connectivity index (χ2n) is 13.2. The first-order valence-corrected chi connectivity index (χ1v) is 18.0. The van der Waals surface area contributed by atoms with Crippen LogP contribution in [0.5, 0.6) is 11.5 Å². The van der Waals surface area contributed by atoms with Crippen LogP contribution in [0, 0.1) is 43.4 Å². The number of thioether (sulfide) groups is 1. The van der Waals surface area contributed by atoms with Crippen LogP contribution in [0.15, 0.2) is 76.6 Å². The summed E-state index contributed by atoms with van der Waals surface area (Å²) in [7, 11) is 0. The molecule has 9 nitrogen and oxygen atoms in total. The van der Waals surface area contributed by atoms with Crippen molar-refractivity contribution >= 4 is 52.2 Å². The van der Waals surface area contributed by atoms with Gasteiger partial charge in [-0.15, -0.1) is 11.8 Å². The van der Waals surface area contributed by atoms with E-state index in [4.69, 9.17) is 9.47 Å². The molecule has 2 aliphatic heterocycles. The number of imide groups is 1. The molecule has 8 rings (SSSR count). The van der Waals surface area contributed by atoms with E-state index in [2.05, 4.69) is 10.3 Å². The highest BCUT2D eigenvalue weighted by Gasteiger charge is 2.69. The molecule has 3 heterocycles. The lowest BCUT2D eigenvalue weighted by molar-refractivity contribution is -0.123. The van der Waals surface area contributed by atoms with Gasteiger partial charge in [0.05, 0.1) is 29.2 Å². The van der Waals surface area contributed by atoms with Crippen molar-refractivity contribution in [3.8, 4) is 11.5 Å². The van der Waals surface area contributed by atoms with E-state index in [1.54, 1.807) is 11.8 Å². The third-order valence-electron chi connectivity index (χ3n) is 10.3. The zero-order valence-electron chi connectivity index (χ0n) is 26.7. The van der Waals surface area contributed by atoms with Crippen LogP contribution >= 0.6 is 23.1 Å². The Kier molecular flexibility index (Phi) is 7.71. The number of ether oxygens (including phenoxy) is 2. The van der Waals surface area contributed by atoms with Crippen LogP contribution in [0.4, 0.5) is 11.4 Å². The summed E-state index contributed by atoms with van der Waals surface area (Å²) in [5.41, 5.74) is 4.40. The Bertz CT molecular complexity index is 2000. The van der Waals surface area contributed by atoms with Crippen LogP contribution in [0.1, 0.15) is 40.8 Å². The van der Waals surface area contributed by atoms with Crippen molar-refractivity contribution in [3.63, 3.8) is 0 Å². The van der Waals surface area contributed by atoms with Gasteiger partial charge in [-0.05, 0) is 92.5 Å². The van der Waals surface area contributed by atoms with E-state index >= 15 is 0 Å². The zero-order chi connectivity index (χ0) is 33.3. The Morgan fingerprint density at radius 3 is 2.44 bits per heavy atom. The van der Waals surface area contributed by atoms with Crippen LogP contribution < -0.4 is 24.6 Å². The first kappa shape index (κ1) is 31.0. The molecular weight excluding hydrogens is 647 g/mol. The summed E-state index contributed by atoms with van der Waals surface area (Å²) in [5, 5.41) is 3.79. The number of nitrogens with zero attached hydrogens (tertiary/aromatic N) is 1. The molecule has 2 saturated carbocycles. The first-order valence-electron chi connectivity index (χ1n) is 16.3. The minimum atomic E-state index is -0.383. The van der Waals surface area contributed by atoms with Crippen molar-refractivity contribution in [2.45, 2.75) is 43.4 Å². The Morgan fingerprint density at radius 1 is 0.917 bits per heavy atom. The van der Waals surface area contributed by atoms with E-state index in [0.29, 0.717) is 29.5 Å². The third-order valence-corrected chi connectivity index (χ3v) is 12.9. The fourth-order valence-electron chi connectivity index (χ4n) is 8.51. The summed E-state index contributed by atoms with van der Waals surface area (Å²) in [4.78, 5) is 58.7. The highest BCUT2D eigenvalue weighted by molar-refractivity contribution is 8.00. The number of nitrogens with one attached hydrogen (secondary N) is 2. The average molecular weight is 682 g/mol. The fraction of sp³-hybridized carbons (Fsp3) is 0.351. The molecule has 246 valence electrons. The normalized spacial score (nSPS) is 26.6. The van der Waals surface area contributed by atoms with Gasteiger partial charge >= 0.3 is 4.87 Å². The number of hydrogen-bond donors (Lipinski definition) is 2. The molecule has 11 heteroatoms. The molecule has 1 saturated heterocycles. The standard InChI is InChI=1S/C37H35N3O6S2/c1-4-45-26-15-20(10-13-25(26)46-17-27(41)38-21-7-5-6-19(3)14-21)28-29-23-16-24(32(29)47-34-33(28)48-37(44)39-34)31-30(23)35(42)40(36(31)43)22-11-8-18(2)9-12-22/h5-15,23-24,28-32H,4,16-17H2,1-3H3,(H,38,41)(H,39,44)/t23-,24-,28-,29?,30?,31?,32?/m1/s1. The van der Waals surface area contributed by atoms with Crippen molar-refractivity contribution in [2.24, 2.45) is 29.6 Å². The molecule has 4 unspecified atom stereocenters. The Labute approximate surface area is 286 Å². The van der Waals surface area contributed by atoms with Crippen LogP contribution in [-0.4, -0.2) is 41.2 Å². The van der Waals surface area contributed by atoms with Gasteiger partial charge in [0.1, 0.15) is 0 Å². The predicted molar refractivity (Wildman–Crippen MR) is 185 cm³/mol. The number of anilines is 2. The predicted octanol–water partition coefficient (Wildman–Crippen LogP) is 6.15. The number of fused-ring (bicyclic) bond motifs is 9. The smallest absolute Gasteiger partial charge is 0.305 e. The van der Waals surface area contributed by atoms with E-state index in [-0.39, 0.29) is 70.0 Å². The maximum atomic E-state index is 14.1. The number of rotatable bonds is 8. The number of aromatic nitrogens is 1. The van der Waals surface area contributed by atoms with Gasteiger partial charge in [0, 0.05) is 21.7 Å². The lowest BCUT2D eigenvalue weighted by Crippen LogP contribution is -2.42. The minimum absolute atomic E-state index is 0.00320. The second kappa shape index (κ2) is 12.0. The van der Waals surface area contributed by atoms with Gasteiger partial charge in [-0.2, -0.15) is 0 Å². The number of hydrogen-bond acceptors (Lipinski definition) is 8. The molecule has 1 aromatic heterocycles. The van der Waals surface area contributed by atoms with Gasteiger partial charge in [-0.25, -0.2) is 0 Å². The van der Waals surface area contributed by atoms with E-state index in [0.717, 1.165) is 33.0 Å². The largest absolute Gasteiger partial charge is 0.490 e. The van der Waals surface area contributed by atoms with Crippen LogP contribution in [0.25, 0.3) is 0 Å². The van der Waals surface area contributed by atoms with Gasteiger partial charge in [0.15, 0.2) is 18.1 Å². The zero-order valence-corrected chi connectivity index (χ0v) is 28.4. The topological polar surface area (TPSA) is 118 Å². The highest BCUT2D eigenvalue weighted by Crippen LogP contribution is 2.68. The van der Waals surface area contributed by atoms with Gasteiger partial charge in [-0.3, -0.25) is 24.1 Å². The van der Waals surface area contributed by atoms with Gasteiger partial charge in [-0.1, -0.05) is 47.2 Å². The van der Waals surface area contributed by atoms with Crippen molar-refractivity contribution in [1.29, 1.82) is 0 Å². The number of amides is 3. The van der Waals surface area contributed by atoms with Crippen molar-refractivity contribution in [3.05, 3.63) is 98.0 Å². The Balaban J connectivity index is 1.10. The number of H-pyrrole nitrogens is 1. The molecule has 2 bridgehead atoms. The molecule has 2 aliphatic carbocycles. The summed E-state index contributed by atoms with van der Waals surface area (Å²) < 4.78 is 12.0. The fourth-order valence-corrected chi connectivity index (χ4v) is 11.4. The van der Waals surface area contributed by atoms with Crippen molar-refractivity contribution < 1.29 is 23.9 Å². The van der Waals surface area contributed by atoms with E-state index in [1.807, 2.05) is 87.5 Å². The summed E-state index contributed by atoms with van der Waals surface area (Å²) in [6.45, 7) is 6.04. The summed E-state index contributed by atoms with van der Waals surface area (Å²) >= 11 is 2.88. The maximum absolute atomic E-state index is 14.1. The first-order chi connectivity index (χ1) is 23.2. The Morgan fingerprint density at radius 2 is 1.69 bits per heavy atom. The molecule has 3 aromatic carbocycles. The quantitative estimate of drug-likeness (QED) is 0.214. The number of aryl methyl sites for hydroxylation is 2. The second-order valence-corrected chi connectivity index (χ2v) is 15.4. The number of thiazole rings is 1. The molecule has 3 amide bonds. The summed E-state index contributed by atoms with van der Waals surface area (Å²) in [6.07, 6.45) is 0.808. The van der Waals surface area contributed by atoms with E-state index in [1.165, 1.54) is 16.2 Å². The van der Waals surface area contributed by atoms with E-state index < -0.39 is 0 Å². The molecule has 7 atom stereocenters. The molecule has 0 spiro atoms. The summed E-state index contributed by atoms with van der Waals surface area (Å²) in [5.74, 6) is -0.369. The van der Waals surface area contributed by atoms with Crippen molar-refractivity contribution in [2.75, 3.05) is 23.4 Å². The molecule has 3 fully saturated rings. The van der Waals surface area contributed by atoms with Gasteiger partial charge in [0.25, 0.3) is 5.91 Å². The number of carbonyl (C=O) groups excluding carboxylic acids is 3.